The highest BCUT2D eigenvalue weighted by Crippen LogP contribution is 2.16. The van der Waals surface area contributed by atoms with Crippen molar-refractivity contribution in [2.45, 2.75) is 26.2 Å². The summed E-state index contributed by atoms with van der Waals surface area (Å²) < 4.78 is 10.8. The fraction of sp³-hybridized carbons (Fsp3) is 0.208. The first-order chi connectivity index (χ1) is 15.1. The van der Waals surface area contributed by atoms with Crippen molar-refractivity contribution in [3.63, 3.8) is 0 Å². The molecule has 6 nitrogen and oxygen atoms in total. The Labute approximate surface area is 185 Å². The van der Waals surface area contributed by atoms with Gasteiger partial charge < -0.3 is 9.47 Å². The lowest BCUT2D eigenvalue weighted by molar-refractivity contribution is -0.123. The van der Waals surface area contributed by atoms with E-state index < -0.39 is 0 Å². The van der Waals surface area contributed by atoms with Gasteiger partial charge in [0.15, 0.2) is 6.61 Å². The highest BCUT2D eigenvalue weighted by Gasteiger charge is 2.09. The number of amides is 1. The number of carbonyl (C=O) groups excluding carboxylic acids is 2. The zero-order valence-corrected chi connectivity index (χ0v) is 18.1. The molecule has 0 radical (unpaired) electrons. The highest BCUT2D eigenvalue weighted by molar-refractivity contribution is 7.12. The number of rotatable bonds is 10. The molecule has 0 aliphatic rings. The van der Waals surface area contributed by atoms with Crippen molar-refractivity contribution in [1.82, 2.24) is 5.43 Å². The van der Waals surface area contributed by atoms with Crippen molar-refractivity contribution in [2.75, 3.05) is 6.61 Å². The summed E-state index contributed by atoms with van der Waals surface area (Å²) in [6, 6.07) is 18.1. The summed E-state index contributed by atoms with van der Waals surface area (Å²) >= 11 is 1.33. The molecule has 160 valence electrons. The summed E-state index contributed by atoms with van der Waals surface area (Å²) in [6.45, 7) is 2.04. The molecule has 1 amide bonds. The van der Waals surface area contributed by atoms with Crippen molar-refractivity contribution in [3.05, 3.63) is 82.0 Å². The van der Waals surface area contributed by atoms with Crippen LogP contribution in [-0.4, -0.2) is 24.7 Å². The van der Waals surface area contributed by atoms with Crippen molar-refractivity contribution in [1.29, 1.82) is 0 Å². The number of ether oxygens (including phenoxy) is 2. The molecule has 3 rings (SSSR count). The molecule has 2 aromatic carbocycles. The number of carbonyl (C=O) groups is 2. The van der Waals surface area contributed by atoms with Crippen LogP contribution in [0, 0.1) is 0 Å². The van der Waals surface area contributed by atoms with Gasteiger partial charge in [-0.25, -0.2) is 10.2 Å². The second kappa shape index (κ2) is 11.7. The van der Waals surface area contributed by atoms with Gasteiger partial charge in [-0.3, -0.25) is 4.79 Å². The summed E-state index contributed by atoms with van der Waals surface area (Å²) in [5.74, 6) is 0.341. The molecule has 0 fully saturated rings. The maximum Gasteiger partial charge on any atom is 0.353 e. The number of benzene rings is 2. The van der Waals surface area contributed by atoms with Crippen LogP contribution in [0.15, 0.2) is 71.1 Å². The third-order valence-electron chi connectivity index (χ3n) is 4.33. The molecule has 1 N–H and O–H groups in total. The van der Waals surface area contributed by atoms with Crippen molar-refractivity contribution in [2.24, 2.45) is 5.10 Å². The Bertz CT molecular complexity index is 997. The third kappa shape index (κ3) is 7.38. The predicted octanol–water partition coefficient (Wildman–Crippen LogP) is 4.84. The lowest BCUT2D eigenvalue weighted by Gasteiger charge is -2.06. The smallest absolute Gasteiger partial charge is 0.353 e. The summed E-state index contributed by atoms with van der Waals surface area (Å²) in [7, 11) is 0. The standard InChI is InChI=1S/C24H24N2O4S/c1-2-3-5-18-7-11-20(12-8-18)29-17-23(27)26-25-16-19-9-13-21(14-10-19)30-24(28)22-6-4-15-31-22/h4,6-16H,2-3,5,17H2,1H3,(H,26,27). The fourth-order valence-corrected chi connectivity index (χ4v) is 3.27. The Kier molecular flexibility index (Phi) is 8.37. The minimum Gasteiger partial charge on any atom is -0.484 e. The van der Waals surface area contributed by atoms with Crippen molar-refractivity contribution >= 4 is 29.4 Å². The molecule has 0 bridgehead atoms. The van der Waals surface area contributed by atoms with E-state index in [4.69, 9.17) is 9.47 Å². The van der Waals surface area contributed by atoms with Crippen LogP contribution in [0.3, 0.4) is 0 Å². The Morgan fingerprint density at radius 1 is 1.03 bits per heavy atom. The van der Waals surface area contributed by atoms with E-state index in [9.17, 15) is 9.59 Å². The predicted molar refractivity (Wildman–Crippen MR) is 122 cm³/mol. The Balaban J connectivity index is 1.40. The molecule has 7 heteroatoms. The molecule has 1 aromatic heterocycles. The van der Waals surface area contributed by atoms with E-state index in [1.165, 1.54) is 23.1 Å². The second-order valence-corrected chi connectivity index (χ2v) is 7.71. The van der Waals surface area contributed by atoms with Gasteiger partial charge in [-0.1, -0.05) is 31.5 Å². The number of nitrogens with zero attached hydrogens (tertiary/aromatic N) is 1. The van der Waals surface area contributed by atoms with Gasteiger partial charge in [0, 0.05) is 0 Å². The molecule has 0 aliphatic heterocycles. The van der Waals surface area contributed by atoms with E-state index in [1.54, 1.807) is 36.4 Å². The van der Waals surface area contributed by atoms with Crippen LogP contribution in [-0.2, 0) is 11.2 Å². The van der Waals surface area contributed by atoms with E-state index >= 15 is 0 Å². The van der Waals surface area contributed by atoms with Gasteiger partial charge in [0.05, 0.1) is 6.21 Å². The summed E-state index contributed by atoms with van der Waals surface area (Å²) in [5.41, 5.74) is 4.44. The molecule has 0 unspecified atom stereocenters. The summed E-state index contributed by atoms with van der Waals surface area (Å²) in [6.07, 6.45) is 4.87. The van der Waals surface area contributed by atoms with Gasteiger partial charge in [0.1, 0.15) is 16.4 Å². The second-order valence-electron chi connectivity index (χ2n) is 6.77. The van der Waals surface area contributed by atoms with Crippen LogP contribution in [0.5, 0.6) is 11.5 Å². The maximum absolute atomic E-state index is 11.9. The molecule has 0 aliphatic carbocycles. The zero-order valence-electron chi connectivity index (χ0n) is 17.2. The average molecular weight is 437 g/mol. The molecule has 3 aromatic rings. The molecule has 0 saturated heterocycles. The average Bonchev–Trinajstić information content (AvgIpc) is 3.33. The van der Waals surface area contributed by atoms with Crippen LogP contribution >= 0.6 is 11.3 Å². The molecule has 0 atom stereocenters. The lowest BCUT2D eigenvalue weighted by Crippen LogP contribution is -2.24. The van der Waals surface area contributed by atoms with Crippen LogP contribution in [0.2, 0.25) is 0 Å². The molecule has 31 heavy (non-hydrogen) atoms. The molecule has 0 spiro atoms. The first-order valence-corrected chi connectivity index (χ1v) is 10.9. The number of unbranched alkanes of at least 4 members (excludes halogenated alkanes) is 1. The van der Waals surface area contributed by atoms with Gasteiger partial charge in [-0.2, -0.15) is 5.10 Å². The minimum atomic E-state index is -0.390. The fourth-order valence-electron chi connectivity index (χ4n) is 2.67. The SMILES string of the molecule is CCCCc1ccc(OCC(=O)NN=Cc2ccc(OC(=O)c3cccs3)cc2)cc1. The number of aryl methyl sites for hydroxylation is 1. The Morgan fingerprint density at radius 2 is 1.77 bits per heavy atom. The number of esters is 1. The molecule has 0 saturated carbocycles. The number of nitrogens with one attached hydrogen (secondary N) is 1. The Hall–Kier alpha value is -3.45. The monoisotopic (exact) mass is 436 g/mol. The van der Waals surface area contributed by atoms with E-state index in [2.05, 4.69) is 17.5 Å². The number of hydrogen-bond donors (Lipinski definition) is 1. The number of hydrogen-bond acceptors (Lipinski definition) is 6. The molecular weight excluding hydrogens is 412 g/mol. The lowest BCUT2D eigenvalue weighted by atomic mass is 10.1. The maximum atomic E-state index is 11.9. The first kappa shape index (κ1) is 22.2. The third-order valence-corrected chi connectivity index (χ3v) is 5.18. The number of hydrazone groups is 1. The zero-order chi connectivity index (χ0) is 21.9. The minimum absolute atomic E-state index is 0.122. The van der Waals surface area contributed by atoms with Gasteiger partial charge >= 0.3 is 5.97 Å². The summed E-state index contributed by atoms with van der Waals surface area (Å²) in [5, 5.41) is 5.74. The molecule has 1 heterocycles. The first-order valence-electron chi connectivity index (χ1n) is 10.0. The van der Waals surface area contributed by atoms with Gasteiger partial charge in [0.25, 0.3) is 5.91 Å². The van der Waals surface area contributed by atoms with Gasteiger partial charge in [-0.05, 0) is 71.8 Å². The summed E-state index contributed by atoms with van der Waals surface area (Å²) in [4.78, 5) is 24.4. The van der Waals surface area contributed by atoms with Crippen LogP contribution in [0.4, 0.5) is 0 Å². The topological polar surface area (TPSA) is 77.0 Å². The van der Waals surface area contributed by atoms with E-state index in [0.29, 0.717) is 16.4 Å². The number of thiophene rings is 1. The quantitative estimate of drug-likeness (QED) is 0.214. The van der Waals surface area contributed by atoms with Crippen molar-refractivity contribution < 1.29 is 19.1 Å². The van der Waals surface area contributed by atoms with Crippen LogP contribution < -0.4 is 14.9 Å². The van der Waals surface area contributed by atoms with Gasteiger partial charge in [0.2, 0.25) is 0 Å². The van der Waals surface area contributed by atoms with E-state index in [-0.39, 0.29) is 18.5 Å². The largest absolute Gasteiger partial charge is 0.484 e. The Morgan fingerprint density at radius 3 is 2.45 bits per heavy atom. The van der Waals surface area contributed by atoms with Gasteiger partial charge in [-0.15, -0.1) is 11.3 Å². The van der Waals surface area contributed by atoms with Crippen molar-refractivity contribution in [3.8, 4) is 11.5 Å². The highest BCUT2D eigenvalue weighted by atomic mass is 32.1. The van der Waals surface area contributed by atoms with Crippen LogP contribution in [0.1, 0.15) is 40.6 Å². The van der Waals surface area contributed by atoms with E-state index in [0.717, 1.165) is 24.8 Å². The van der Waals surface area contributed by atoms with Crippen LogP contribution in [0.25, 0.3) is 0 Å². The molecular formula is C24H24N2O4S. The van der Waals surface area contributed by atoms with E-state index in [1.807, 2.05) is 29.6 Å². The normalized spacial score (nSPS) is 10.7.